The molecule has 0 amide bonds. The average Bonchev–Trinajstić information content (AvgIpc) is 3.71. The molecule has 236 valence electrons. The van der Waals surface area contributed by atoms with Crippen molar-refractivity contribution in [3.63, 3.8) is 0 Å². The van der Waals surface area contributed by atoms with Crippen molar-refractivity contribution in [3.05, 3.63) is 0 Å². The summed E-state index contributed by atoms with van der Waals surface area (Å²) in [5.41, 5.74) is 5.73. The van der Waals surface area contributed by atoms with E-state index in [2.05, 4.69) is 43.6 Å². The van der Waals surface area contributed by atoms with Crippen molar-refractivity contribution in [1.82, 2.24) is 16.0 Å². The van der Waals surface area contributed by atoms with Crippen LogP contribution >= 0.6 is 0 Å². The highest BCUT2D eigenvalue weighted by Gasteiger charge is 2.24. The van der Waals surface area contributed by atoms with Gasteiger partial charge in [0.25, 0.3) is 0 Å². The number of nitrogens with one attached hydrogen (secondary N) is 3. The van der Waals surface area contributed by atoms with Crippen molar-refractivity contribution in [2.24, 2.45) is 23.5 Å². The van der Waals surface area contributed by atoms with Crippen LogP contribution in [-0.2, 0) is 14.2 Å². The summed E-state index contributed by atoms with van der Waals surface area (Å²) < 4.78 is 15.8. The molecule has 0 radical (unpaired) electrons. The summed E-state index contributed by atoms with van der Waals surface area (Å²) in [6.07, 6.45) is 17.0. The lowest BCUT2D eigenvalue weighted by atomic mass is 9.87. The molecule has 7 heteroatoms. The van der Waals surface area contributed by atoms with E-state index in [0.29, 0.717) is 30.2 Å². The van der Waals surface area contributed by atoms with Gasteiger partial charge in [-0.15, -0.1) is 0 Å². The maximum absolute atomic E-state index is 5.73. The zero-order valence-corrected chi connectivity index (χ0v) is 26.6. The summed E-state index contributed by atoms with van der Waals surface area (Å²) in [7, 11) is 0. The Hall–Kier alpha value is -0.280. The van der Waals surface area contributed by atoms with E-state index in [9.17, 15) is 0 Å². The largest absolute Gasteiger partial charge is 0.381 e. The van der Waals surface area contributed by atoms with Crippen LogP contribution in [0.15, 0.2) is 0 Å². The topological polar surface area (TPSA) is 89.8 Å². The molecule has 0 bridgehead atoms. The number of ether oxygens (including phenoxy) is 3. The minimum Gasteiger partial charge on any atom is -0.381 e. The Morgan fingerprint density at radius 1 is 0.550 bits per heavy atom. The monoisotopic (exact) mass is 567 g/mol. The molecular weight excluding hydrogens is 500 g/mol. The Morgan fingerprint density at radius 3 is 1.55 bits per heavy atom. The van der Waals surface area contributed by atoms with Crippen LogP contribution in [0.3, 0.4) is 0 Å². The molecule has 9 atom stereocenters. The van der Waals surface area contributed by atoms with Crippen molar-refractivity contribution in [1.29, 1.82) is 0 Å². The molecule has 6 fully saturated rings. The van der Waals surface area contributed by atoms with Gasteiger partial charge in [-0.1, -0.05) is 46.5 Å². The fourth-order valence-corrected chi connectivity index (χ4v) is 7.00. The molecule has 2 saturated carbocycles. The van der Waals surface area contributed by atoms with Crippen LogP contribution in [0.5, 0.6) is 0 Å². The predicted molar refractivity (Wildman–Crippen MR) is 167 cm³/mol. The average molecular weight is 567 g/mol. The second-order valence-corrected chi connectivity index (χ2v) is 14.0. The van der Waals surface area contributed by atoms with E-state index >= 15 is 0 Å². The predicted octanol–water partition coefficient (Wildman–Crippen LogP) is 5.02. The number of hydrogen-bond donors (Lipinski definition) is 4. The van der Waals surface area contributed by atoms with Crippen LogP contribution in [0.2, 0.25) is 0 Å². The lowest BCUT2D eigenvalue weighted by Gasteiger charge is -2.30. The Balaban J connectivity index is 0.000000154. The summed E-state index contributed by atoms with van der Waals surface area (Å²) in [5, 5.41) is 10.9. The van der Waals surface area contributed by atoms with Crippen molar-refractivity contribution >= 4 is 0 Å². The second-order valence-electron chi connectivity index (χ2n) is 14.0. The Kier molecular flexibility index (Phi) is 17.0. The molecule has 4 heterocycles. The molecule has 4 aliphatic heterocycles. The highest BCUT2D eigenvalue weighted by atomic mass is 16.5. The van der Waals surface area contributed by atoms with E-state index in [0.717, 1.165) is 70.0 Å². The highest BCUT2D eigenvalue weighted by molar-refractivity contribution is 4.84. The first kappa shape index (κ1) is 34.2. The fourth-order valence-electron chi connectivity index (χ4n) is 7.00. The van der Waals surface area contributed by atoms with E-state index in [1.807, 2.05) is 0 Å². The summed E-state index contributed by atoms with van der Waals surface area (Å²) >= 11 is 0. The molecule has 5 N–H and O–H groups in total. The van der Waals surface area contributed by atoms with E-state index < -0.39 is 0 Å². The molecule has 0 spiro atoms. The molecule has 40 heavy (non-hydrogen) atoms. The Bertz CT molecular complexity index is 579. The number of nitrogens with two attached hydrogens (primary N) is 1. The van der Waals surface area contributed by atoms with Crippen LogP contribution in [0, 0.1) is 17.8 Å². The van der Waals surface area contributed by atoms with Crippen LogP contribution in [0.1, 0.15) is 111 Å². The second kappa shape index (κ2) is 19.8. The van der Waals surface area contributed by atoms with Gasteiger partial charge in [-0.05, 0) is 89.0 Å². The Morgan fingerprint density at radius 2 is 1.12 bits per heavy atom. The first-order valence-corrected chi connectivity index (χ1v) is 17.1. The minimum atomic E-state index is 0.513. The van der Waals surface area contributed by atoms with Crippen LogP contribution in [0.25, 0.3) is 0 Å². The molecule has 2 aliphatic carbocycles. The SMILES string of the molecule is C[C@@H]1CCC[C@H](N)C1.C[C@@H]1CCC[C@H](N[C@H]2CCOC2)C1.C[C@@H]1CCOC1.C[C@H]1C[C@@H](N[C@H]2CCOC2)CCN1. The third kappa shape index (κ3) is 14.8. The molecule has 0 aromatic rings. The number of hydrogen-bond acceptors (Lipinski definition) is 7. The normalized spacial score (nSPS) is 39.7. The van der Waals surface area contributed by atoms with Gasteiger partial charge >= 0.3 is 0 Å². The van der Waals surface area contributed by atoms with Gasteiger partial charge in [0, 0.05) is 62.7 Å². The summed E-state index contributed by atoms with van der Waals surface area (Å²) in [6.45, 7) is 16.0. The molecule has 0 unspecified atom stereocenters. The zero-order chi connectivity index (χ0) is 28.6. The van der Waals surface area contributed by atoms with Crippen molar-refractivity contribution in [3.8, 4) is 0 Å². The molecule has 6 rings (SSSR count). The lowest BCUT2D eigenvalue weighted by Crippen LogP contribution is -2.48. The molecule has 4 saturated heterocycles. The van der Waals surface area contributed by atoms with Gasteiger partial charge in [-0.2, -0.15) is 0 Å². The van der Waals surface area contributed by atoms with E-state index in [1.165, 1.54) is 83.5 Å². The summed E-state index contributed by atoms with van der Waals surface area (Å²) in [6, 6.07) is 3.94. The van der Waals surface area contributed by atoms with Crippen LogP contribution < -0.4 is 21.7 Å². The van der Waals surface area contributed by atoms with Crippen molar-refractivity contribution < 1.29 is 14.2 Å². The standard InChI is InChI=1S/C11H21NO.C10H20N2O.C7H15N.C5H10O/c1-9-3-2-4-10(7-9)12-11-5-6-13-8-11;1-8-6-9(2-4-11-8)12-10-3-5-13-7-10;1-6-3-2-4-7(8)5-6;1-5-2-3-6-4-5/h9-12H,2-8H2,1H3;8-12H,2-7H2,1H3;6-7H,2-5,8H2,1H3;5H,2-4H2,1H3/t9-,10+,11+;8-,9-,10-;6-,7+;5-/m1011/s1. The molecule has 0 aromatic carbocycles. The van der Waals surface area contributed by atoms with Crippen molar-refractivity contribution in [2.45, 2.75) is 147 Å². The Labute approximate surface area is 247 Å². The quantitative estimate of drug-likeness (QED) is 0.380. The number of rotatable bonds is 4. The third-order valence-electron chi connectivity index (χ3n) is 9.50. The lowest BCUT2D eigenvalue weighted by molar-refractivity contribution is 0.183. The van der Waals surface area contributed by atoms with Gasteiger partial charge in [0.1, 0.15) is 0 Å². The minimum absolute atomic E-state index is 0.513. The maximum atomic E-state index is 5.73. The third-order valence-corrected chi connectivity index (χ3v) is 9.50. The smallest absolute Gasteiger partial charge is 0.0620 e. The summed E-state index contributed by atoms with van der Waals surface area (Å²) in [5.74, 6) is 2.64. The van der Waals surface area contributed by atoms with Crippen LogP contribution in [0.4, 0.5) is 0 Å². The molecule has 6 aliphatic rings. The van der Waals surface area contributed by atoms with Gasteiger partial charge in [-0.25, -0.2) is 0 Å². The van der Waals surface area contributed by atoms with Gasteiger partial charge in [0.2, 0.25) is 0 Å². The van der Waals surface area contributed by atoms with E-state index in [1.54, 1.807) is 0 Å². The van der Waals surface area contributed by atoms with Gasteiger partial charge in [-0.3, -0.25) is 0 Å². The van der Waals surface area contributed by atoms with Gasteiger partial charge in [0.05, 0.1) is 13.2 Å². The molecule has 0 aromatic heterocycles. The summed E-state index contributed by atoms with van der Waals surface area (Å²) in [4.78, 5) is 0. The highest BCUT2D eigenvalue weighted by Crippen LogP contribution is 2.24. The fraction of sp³-hybridized carbons (Fsp3) is 1.00. The maximum Gasteiger partial charge on any atom is 0.0620 e. The number of piperidine rings is 1. The zero-order valence-electron chi connectivity index (χ0n) is 26.6. The van der Waals surface area contributed by atoms with Crippen molar-refractivity contribution in [2.75, 3.05) is 46.2 Å². The van der Waals surface area contributed by atoms with Crippen LogP contribution in [-0.4, -0.2) is 82.4 Å². The molecule has 7 nitrogen and oxygen atoms in total. The molecular formula is C33H66N4O3. The van der Waals surface area contributed by atoms with E-state index in [4.69, 9.17) is 19.9 Å². The van der Waals surface area contributed by atoms with Gasteiger partial charge in [0.15, 0.2) is 0 Å². The van der Waals surface area contributed by atoms with Gasteiger partial charge < -0.3 is 35.9 Å². The first-order chi connectivity index (χ1) is 19.4. The first-order valence-electron chi connectivity index (χ1n) is 17.1. The van der Waals surface area contributed by atoms with E-state index in [-0.39, 0.29) is 0 Å².